The van der Waals surface area contributed by atoms with Crippen LogP contribution in [0.25, 0.3) is 27.3 Å². The first-order chi connectivity index (χ1) is 13.8. The van der Waals surface area contributed by atoms with Crippen LogP contribution in [-0.4, -0.2) is 25.8 Å². The molecule has 0 aliphatic rings. The van der Waals surface area contributed by atoms with Gasteiger partial charge in [0.05, 0.1) is 17.1 Å². The van der Waals surface area contributed by atoms with Gasteiger partial charge in [0.25, 0.3) is 5.56 Å². The molecule has 5 rings (SSSR count). The van der Waals surface area contributed by atoms with Gasteiger partial charge in [0, 0.05) is 28.7 Å². The number of hydrogen-bond acceptors (Lipinski definition) is 6. The number of rotatable bonds is 3. The summed E-state index contributed by atoms with van der Waals surface area (Å²) in [5, 5.41) is 10.9. The second kappa shape index (κ2) is 6.55. The summed E-state index contributed by atoms with van der Waals surface area (Å²) in [5.74, 6) is 0.474. The van der Waals surface area contributed by atoms with Crippen molar-refractivity contribution >= 4 is 39.4 Å². The number of nitrogens with one attached hydrogen (secondary N) is 1. The SMILES string of the molecule is O=c1c2ccccc2nc2c3ccccc3c(N/N=C\c3cccnc3)nn12. The molecule has 134 valence electrons. The highest BCUT2D eigenvalue weighted by Gasteiger charge is 2.12. The second-order valence-corrected chi connectivity index (χ2v) is 6.22. The van der Waals surface area contributed by atoms with Crippen molar-refractivity contribution in [3.63, 3.8) is 0 Å². The maximum absolute atomic E-state index is 13.0. The van der Waals surface area contributed by atoms with Gasteiger partial charge in [0.2, 0.25) is 0 Å². The van der Waals surface area contributed by atoms with Gasteiger partial charge in [-0.1, -0.05) is 42.5 Å². The fourth-order valence-corrected chi connectivity index (χ4v) is 3.13. The van der Waals surface area contributed by atoms with Crippen LogP contribution in [0.15, 0.2) is 83.0 Å². The van der Waals surface area contributed by atoms with Gasteiger partial charge in [-0.2, -0.15) is 9.62 Å². The summed E-state index contributed by atoms with van der Waals surface area (Å²) in [6.45, 7) is 0. The van der Waals surface area contributed by atoms with E-state index in [4.69, 9.17) is 0 Å². The summed E-state index contributed by atoms with van der Waals surface area (Å²) in [4.78, 5) is 21.7. The highest BCUT2D eigenvalue weighted by Crippen LogP contribution is 2.24. The predicted octanol–water partition coefficient (Wildman–Crippen LogP) is 3.24. The van der Waals surface area contributed by atoms with Crippen LogP contribution < -0.4 is 11.0 Å². The summed E-state index contributed by atoms with van der Waals surface area (Å²) in [6, 6.07) is 18.7. The number of nitrogens with zero attached hydrogens (tertiary/aromatic N) is 5. The number of aromatic nitrogens is 4. The molecule has 0 unspecified atom stereocenters. The molecular weight excluding hydrogens is 352 g/mol. The zero-order valence-corrected chi connectivity index (χ0v) is 14.6. The minimum absolute atomic E-state index is 0.217. The van der Waals surface area contributed by atoms with Gasteiger partial charge in [0.15, 0.2) is 11.5 Å². The Labute approximate surface area is 159 Å². The summed E-state index contributed by atoms with van der Waals surface area (Å²) in [6.07, 6.45) is 5.06. The van der Waals surface area contributed by atoms with Crippen molar-refractivity contribution in [1.29, 1.82) is 0 Å². The van der Waals surface area contributed by atoms with E-state index >= 15 is 0 Å². The number of hydrogen-bond donors (Lipinski definition) is 1. The summed E-state index contributed by atoms with van der Waals surface area (Å²) in [5.41, 5.74) is 4.74. The van der Waals surface area contributed by atoms with Crippen molar-refractivity contribution in [2.24, 2.45) is 5.10 Å². The molecule has 28 heavy (non-hydrogen) atoms. The zero-order chi connectivity index (χ0) is 18.9. The van der Waals surface area contributed by atoms with E-state index in [9.17, 15) is 4.79 Å². The first-order valence-electron chi connectivity index (χ1n) is 8.71. The average Bonchev–Trinajstić information content (AvgIpc) is 2.75. The molecule has 7 heteroatoms. The topological polar surface area (TPSA) is 84.5 Å². The molecular formula is C21H14N6O. The van der Waals surface area contributed by atoms with Gasteiger partial charge in [0.1, 0.15) is 0 Å². The highest BCUT2D eigenvalue weighted by atomic mass is 16.1. The van der Waals surface area contributed by atoms with E-state index in [1.165, 1.54) is 4.52 Å². The standard InChI is InChI=1S/C21H14N6O/c28-21-17-9-3-4-10-18(17)24-20-16-8-2-1-7-15(16)19(26-27(20)21)25-23-13-14-6-5-11-22-12-14/h1-13H,(H,25,26)/b23-13-. The Morgan fingerprint density at radius 1 is 0.929 bits per heavy atom. The van der Waals surface area contributed by atoms with Gasteiger partial charge in [-0.3, -0.25) is 15.2 Å². The van der Waals surface area contributed by atoms with Crippen LogP contribution in [0.4, 0.5) is 5.82 Å². The number of para-hydroxylation sites is 1. The first-order valence-corrected chi connectivity index (χ1v) is 8.71. The molecule has 5 aromatic rings. The molecule has 0 amide bonds. The van der Waals surface area contributed by atoms with Crippen molar-refractivity contribution in [2.45, 2.75) is 0 Å². The van der Waals surface area contributed by atoms with E-state index in [-0.39, 0.29) is 5.56 Å². The fraction of sp³-hybridized carbons (Fsp3) is 0. The predicted molar refractivity (Wildman–Crippen MR) is 110 cm³/mol. The van der Waals surface area contributed by atoms with Crippen LogP contribution in [0.5, 0.6) is 0 Å². The average molecular weight is 366 g/mol. The Morgan fingerprint density at radius 3 is 2.54 bits per heavy atom. The molecule has 1 N–H and O–H groups in total. The normalized spacial score (nSPS) is 11.6. The van der Waals surface area contributed by atoms with E-state index in [0.717, 1.165) is 16.3 Å². The minimum atomic E-state index is -0.217. The van der Waals surface area contributed by atoms with Crippen LogP contribution in [0.2, 0.25) is 0 Å². The van der Waals surface area contributed by atoms with Crippen molar-refractivity contribution in [3.05, 3.63) is 89.0 Å². The molecule has 0 bridgehead atoms. The molecule has 0 saturated carbocycles. The molecule has 0 saturated heterocycles. The van der Waals surface area contributed by atoms with Crippen molar-refractivity contribution in [2.75, 3.05) is 5.43 Å². The van der Waals surface area contributed by atoms with Crippen molar-refractivity contribution < 1.29 is 0 Å². The Hall–Kier alpha value is -4.13. The number of pyridine rings is 1. The van der Waals surface area contributed by atoms with Crippen LogP contribution in [0, 0.1) is 0 Å². The molecule has 0 atom stereocenters. The third-order valence-corrected chi connectivity index (χ3v) is 4.45. The monoisotopic (exact) mass is 366 g/mol. The number of hydrazone groups is 1. The lowest BCUT2D eigenvalue weighted by molar-refractivity contribution is 0.892. The smallest absolute Gasteiger partial charge is 0.267 e. The highest BCUT2D eigenvalue weighted by molar-refractivity contribution is 6.01. The van der Waals surface area contributed by atoms with Gasteiger partial charge < -0.3 is 0 Å². The minimum Gasteiger partial charge on any atom is -0.267 e. The molecule has 0 fully saturated rings. The molecule has 7 nitrogen and oxygen atoms in total. The van der Waals surface area contributed by atoms with Gasteiger partial charge in [-0.05, 0) is 18.2 Å². The van der Waals surface area contributed by atoms with Crippen LogP contribution in [0.3, 0.4) is 0 Å². The number of fused-ring (bicyclic) bond motifs is 4. The Balaban J connectivity index is 1.72. The molecule has 0 aliphatic heterocycles. The lowest BCUT2D eigenvalue weighted by Gasteiger charge is -2.10. The largest absolute Gasteiger partial charge is 0.282 e. The first kappa shape index (κ1) is 16.1. The zero-order valence-electron chi connectivity index (χ0n) is 14.6. The van der Waals surface area contributed by atoms with Crippen LogP contribution in [-0.2, 0) is 0 Å². The third kappa shape index (κ3) is 2.66. The van der Waals surface area contributed by atoms with E-state index in [1.54, 1.807) is 24.7 Å². The van der Waals surface area contributed by atoms with Gasteiger partial charge in [-0.25, -0.2) is 4.98 Å². The van der Waals surface area contributed by atoms with Crippen LogP contribution >= 0.6 is 0 Å². The van der Waals surface area contributed by atoms with Gasteiger partial charge >= 0.3 is 0 Å². The third-order valence-electron chi connectivity index (χ3n) is 4.45. The maximum Gasteiger partial charge on any atom is 0.282 e. The second-order valence-electron chi connectivity index (χ2n) is 6.22. The lowest BCUT2D eigenvalue weighted by Crippen LogP contribution is -2.19. The van der Waals surface area contributed by atoms with Gasteiger partial charge in [-0.15, -0.1) is 5.10 Å². The number of anilines is 1. The molecule has 0 spiro atoms. The van der Waals surface area contributed by atoms with Crippen molar-refractivity contribution in [3.8, 4) is 0 Å². The Bertz CT molecular complexity index is 1410. The molecule has 0 radical (unpaired) electrons. The van der Waals surface area contributed by atoms with E-state index in [1.807, 2.05) is 54.6 Å². The molecule has 3 aromatic heterocycles. The quantitative estimate of drug-likeness (QED) is 0.229. The summed E-state index contributed by atoms with van der Waals surface area (Å²) < 4.78 is 1.33. The lowest BCUT2D eigenvalue weighted by atomic mass is 10.1. The van der Waals surface area contributed by atoms with E-state index in [2.05, 4.69) is 25.6 Å². The van der Waals surface area contributed by atoms with E-state index in [0.29, 0.717) is 22.4 Å². The number of benzene rings is 2. The molecule has 2 aromatic carbocycles. The van der Waals surface area contributed by atoms with Crippen molar-refractivity contribution in [1.82, 2.24) is 19.6 Å². The molecule has 0 aliphatic carbocycles. The maximum atomic E-state index is 13.0. The molecule has 3 heterocycles. The van der Waals surface area contributed by atoms with E-state index < -0.39 is 0 Å². The Morgan fingerprint density at radius 2 is 1.71 bits per heavy atom. The van der Waals surface area contributed by atoms with Crippen LogP contribution in [0.1, 0.15) is 5.56 Å². The Kier molecular flexibility index (Phi) is 3.76. The summed E-state index contributed by atoms with van der Waals surface area (Å²) >= 11 is 0. The summed E-state index contributed by atoms with van der Waals surface area (Å²) in [7, 11) is 0. The fourth-order valence-electron chi connectivity index (χ4n) is 3.13.